The van der Waals surface area contributed by atoms with Crippen LogP contribution in [0, 0.1) is 0 Å². The predicted octanol–water partition coefficient (Wildman–Crippen LogP) is 1.54. The SMILES string of the molecule is Nc1ccc(NC(=O)NC(CC(=O)O)c2cccc(N[SH](=O)=O)c2)cc1. The third-order valence-corrected chi connectivity index (χ3v) is 3.80. The van der Waals surface area contributed by atoms with Gasteiger partial charge in [0, 0.05) is 17.1 Å². The third-order valence-electron chi connectivity index (χ3n) is 3.36. The highest BCUT2D eigenvalue weighted by molar-refractivity contribution is 7.73. The number of hydrogen-bond acceptors (Lipinski definition) is 5. The topological polar surface area (TPSA) is 151 Å². The molecule has 0 bridgehead atoms. The predicted molar refractivity (Wildman–Crippen MR) is 98.4 cm³/mol. The van der Waals surface area contributed by atoms with Crippen molar-refractivity contribution in [1.82, 2.24) is 5.32 Å². The number of carboxylic acid groups (broad SMARTS) is 1. The van der Waals surface area contributed by atoms with Gasteiger partial charge in [-0.1, -0.05) is 12.1 Å². The zero-order valence-corrected chi connectivity index (χ0v) is 14.4. The second kappa shape index (κ2) is 8.72. The Bertz CT molecular complexity index is 859. The average Bonchev–Trinajstić information content (AvgIpc) is 2.55. The van der Waals surface area contributed by atoms with Gasteiger partial charge in [-0.25, -0.2) is 13.2 Å². The van der Waals surface area contributed by atoms with Crippen LogP contribution in [-0.2, 0) is 15.7 Å². The fourth-order valence-corrected chi connectivity index (χ4v) is 2.60. The van der Waals surface area contributed by atoms with Crippen LogP contribution in [0.4, 0.5) is 21.9 Å². The zero-order valence-electron chi connectivity index (χ0n) is 13.5. The van der Waals surface area contributed by atoms with Crippen molar-refractivity contribution >= 4 is 40.0 Å². The molecule has 0 fully saturated rings. The van der Waals surface area contributed by atoms with Crippen molar-refractivity contribution in [2.24, 2.45) is 0 Å². The van der Waals surface area contributed by atoms with Crippen LogP contribution in [-0.4, -0.2) is 25.5 Å². The molecule has 0 aliphatic heterocycles. The molecule has 0 saturated heterocycles. The van der Waals surface area contributed by atoms with Crippen molar-refractivity contribution in [3.05, 3.63) is 54.1 Å². The maximum atomic E-state index is 12.2. The van der Waals surface area contributed by atoms with E-state index in [1.54, 1.807) is 36.4 Å². The van der Waals surface area contributed by atoms with Crippen molar-refractivity contribution in [2.45, 2.75) is 12.5 Å². The summed E-state index contributed by atoms with van der Waals surface area (Å²) in [7, 11) is -2.85. The number of rotatable bonds is 7. The number of nitrogens with two attached hydrogens (primary N) is 1. The van der Waals surface area contributed by atoms with Gasteiger partial charge in [-0.3, -0.25) is 9.52 Å². The molecular formula is C16H18N4O5S. The van der Waals surface area contributed by atoms with E-state index in [1.807, 2.05) is 0 Å². The number of nitrogens with one attached hydrogen (secondary N) is 3. The lowest BCUT2D eigenvalue weighted by molar-refractivity contribution is -0.137. The van der Waals surface area contributed by atoms with Crippen LogP contribution >= 0.6 is 0 Å². The Morgan fingerprint density at radius 1 is 1.08 bits per heavy atom. The number of carbonyl (C=O) groups excluding carboxylic acids is 1. The second-order valence-corrected chi connectivity index (χ2v) is 6.10. The number of anilines is 3. The Morgan fingerprint density at radius 2 is 1.77 bits per heavy atom. The van der Waals surface area contributed by atoms with Crippen LogP contribution in [0.1, 0.15) is 18.0 Å². The van der Waals surface area contributed by atoms with Gasteiger partial charge in [-0.2, -0.15) is 0 Å². The van der Waals surface area contributed by atoms with E-state index >= 15 is 0 Å². The molecule has 26 heavy (non-hydrogen) atoms. The number of hydrogen-bond donors (Lipinski definition) is 6. The molecule has 0 saturated carbocycles. The van der Waals surface area contributed by atoms with Gasteiger partial charge in [0.2, 0.25) is 10.9 Å². The number of carbonyl (C=O) groups is 2. The van der Waals surface area contributed by atoms with E-state index in [9.17, 15) is 18.0 Å². The van der Waals surface area contributed by atoms with Crippen LogP contribution < -0.4 is 21.1 Å². The molecular weight excluding hydrogens is 360 g/mol. The van der Waals surface area contributed by atoms with Crippen molar-refractivity contribution in [3.8, 4) is 0 Å². The fraction of sp³-hybridized carbons (Fsp3) is 0.125. The molecule has 10 heteroatoms. The van der Waals surface area contributed by atoms with Gasteiger partial charge >= 0.3 is 12.0 Å². The summed E-state index contributed by atoms with van der Waals surface area (Å²) in [5, 5.41) is 14.2. The summed E-state index contributed by atoms with van der Waals surface area (Å²) in [6, 6.07) is 11.1. The van der Waals surface area contributed by atoms with E-state index in [2.05, 4.69) is 15.4 Å². The molecule has 1 atom stereocenters. The van der Waals surface area contributed by atoms with Crippen LogP contribution in [0.5, 0.6) is 0 Å². The number of urea groups is 1. The number of amides is 2. The molecule has 0 heterocycles. The van der Waals surface area contributed by atoms with Gasteiger partial charge in [0.1, 0.15) is 0 Å². The molecule has 1 unspecified atom stereocenters. The first kappa shape index (κ1) is 19.1. The van der Waals surface area contributed by atoms with E-state index in [1.165, 1.54) is 12.1 Å². The van der Waals surface area contributed by atoms with Crippen molar-refractivity contribution in [1.29, 1.82) is 0 Å². The Morgan fingerprint density at radius 3 is 2.38 bits per heavy atom. The van der Waals surface area contributed by atoms with E-state index in [0.717, 1.165) is 0 Å². The molecule has 0 radical (unpaired) electrons. The lowest BCUT2D eigenvalue weighted by Gasteiger charge is -2.18. The molecule has 2 amide bonds. The van der Waals surface area contributed by atoms with Gasteiger partial charge in [0.15, 0.2) is 0 Å². The molecule has 0 aromatic heterocycles. The van der Waals surface area contributed by atoms with Gasteiger partial charge in [0.25, 0.3) is 0 Å². The third kappa shape index (κ3) is 5.98. The Balaban J connectivity index is 2.15. The minimum atomic E-state index is -2.85. The van der Waals surface area contributed by atoms with Crippen LogP contribution in [0.3, 0.4) is 0 Å². The molecule has 2 rings (SSSR count). The molecule has 6 N–H and O–H groups in total. The minimum Gasteiger partial charge on any atom is -0.481 e. The lowest BCUT2D eigenvalue weighted by atomic mass is 10.0. The lowest BCUT2D eigenvalue weighted by Crippen LogP contribution is -2.33. The van der Waals surface area contributed by atoms with Gasteiger partial charge in [-0.05, 0) is 42.0 Å². The highest BCUT2D eigenvalue weighted by Crippen LogP contribution is 2.21. The molecule has 2 aromatic carbocycles. The molecule has 138 valence electrons. The Labute approximate surface area is 151 Å². The van der Waals surface area contributed by atoms with Gasteiger partial charge in [-0.15, -0.1) is 0 Å². The first-order valence-corrected chi connectivity index (χ1v) is 8.67. The summed E-state index contributed by atoms with van der Waals surface area (Å²) in [6.07, 6.45) is -0.373. The standard InChI is InChI=1S/C16H18N4O5S/c17-11-4-6-12(7-5-11)18-16(23)19-14(9-15(21)22)10-2-1-3-13(8-10)20-26(24)25/h1-8,14,26H,9,17H2,(H,21,22)(H2,18,19,23)(H,20,24,25). The Kier molecular flexibility index (Phi) is 6.39. The average molecular weight is 378 g/mol. The normalized spacial score (nSPS) is 11.6. The number of benzene rings is 2. The summed E-state index contributed by atoms with van der Waals surface area (Å²) in [5.41, 5.74) is 7.33. The molecule has 9 nitrogen and oxygen atoms in total. The van der Waals surface area contributed by atoms with Gasteiger partial charge in [0.05, 0.1) is 12.5 Å². The summed E-state index contributed by atoms with van der Waals surface area (Å²) in [5.74, 6) is -1.11. The fourth-order valence-electron chi connectivity index (χ4n) is 2.25. The first-order valence-electron chi connectivity index (χ1n) is 7.49. The van der Waals surface area contributed by atoms with Crippen LogP contribution in [0.25, 0.3) is 0 Å². The maximum Gasteiger partial charge on any atom is 0.319 e. The van der Waals surface area contributed by atoms with Crippen molar-refractivity contribution in [2.75, 3.05) is 15.8 Å². The monoisotopic (exact) mass is 378 g/mol. The quantitative estimate of drug-likeness (QED) is 0.318. The maximum absolute atomic E-state index is 12.2. The van der Waals surface area contributed by atoms with Crippen molar-refractivity contribution in [3.63, 3.8) is 0 Å². The molecule has 2 aromatic rings. The highest BCUT2D eigenvalue weighted by atomic mass is 32.2. The summed E-state index contributed by atoms with van der Waals surface area (Å²) < 4.78 is 23.8. The summed E-state index contributed by atoms with van der Waals surface area (Å²) >= 11 is 0. The molecule has 0 spiro atoms. The molecule has 0 aliphatic carbocycles. The van der Waals surface area contributed by atoms with E-state index in [0.29, 0.717) is 16.9 Å². The van der Waals surface area contributed by atoms with Gasteiger partial charge < -0.3 is 21.5 Å². The van der Waals surface area contributed by atoms with Crippen molar-refractivity contribution < 1.29 is 23.1 Å². The Hall–Kier alpha value is -3.27. The van der Waals surface area contributed by atoms with E-state index < -0.39 is 28.9 Å². The number of nitrogen functional groups attached to an aromatic ring is 1. The minimum absolute atomic E-state index is 0.273. The van der Waals surface area contributed by atoms with E-state index in [4.69, 9.17) is 10.8 Å². The highest BCUT2D eigenvalue weighted by Gasteiger charge is 2.18. The largest absolute Gasteiger partial charge is 0.481 e. The number of carboxylic acids is 1. The number of aliphatic carboxylic acids is 1. The van der Waals surface area contributed by atoms with E-state index in [-0.39, 0.29) is 12.1 Å². The smallest absolute Gasteiger partial charge is 0.319 e. The summed E-state index contributed by atoms with van der Waals surface area (Å²) in [4.78, 5) is 23.3. The second-order valence-electron chi connectivity index (χ2n) is 5.37. The molecule has 0 aliphatic rings. The van der Waals surface area contributed by atoms with Crippen LogP contribution in [0.2, 0.25) is 0 Å². The number of thiol groups is 1. The zero-order chi connectivity index (χ0) is 19.1. The summed E-state index contributed by atoms with van der Waals surface area (Å²) in [6.45, 7) is 0. The van der Waals surface area contributed by atoms with Crippen LogP contribution in [0.15, 0.2) is 48.5 Å². The first-order chi connectivity index (χ1) is 12.3.